The highest BCUT2D eigenvalue weighted by atomic mass is 79.9. The normalized spacial score (nSPS) is 12.1. The third kappa shape index (κ3) is 5.69. The van der Waals surface area contributed by atoms with Crippen molar-refractivity contribution in [1.29, 1.82) is 0 Å². The summed E-state index contributed by atoms with van der Waals surface area (Å²) >= 11 is 10.8. The van der Waals surface area contributed by atoms with Crippen molar-refractivity contribution in [2.45, 2.75) is 30.3 Å². The lowest BCUT2D eigenvalue weighted by molar-refractivity contribution is 0.0994. The molecule has 0 saturated heterocycles. The fourth-order valence-corrected chi connectivity index (χ4v) is 4.16. The summed E-state index contributed by atoms with van der Waals surface area (Å²) < 4.78 is 8.18. The minimum atomic E-state index is -0.292. The summed E-state index contributed by atoms with van der Waals surface area (Å²) in [5.41, 5.74) is 1.61. The summed E-state index contributed by atoms with van der Waals surface area (Å²) in [6, 6.07) is 14.9. The highest BCUT2D eigenvalue weighted by molar-refractivity contribution is 9.10. The van der Waals surface area contributed by atoms with Crippen LogP contribution in [0.1, 0.15) is 23.7 Å². The maximum absolute atomic E-state index is 12.8. The van der Waals surface area contributed by atoms with Crippen molar-refractivity contribution in [2.75, 3.05) is 13.7 Å². The molecule has 5 nitrogen and oxygen atoms in total. The van der Waals surface area contributed by atoms with Gasteiger partial charge in [0.05, 0.1) is 5.25 Å². The first kappa shape index (κ1) is 22.0. The van der Waals surface area contributed by atoms with Gasteiger partial charge in [0.1, 0.15) is 0 Å². The fourth-order valence-electron chi connectivity index (χ4n) is 2.82. The van der Waals surface area contributed by atoms with Crippen molar-refractivity contribution < 1.29 is 9.53 Å². The lowest BCUT2D eigenvalue weighted by Crippen LogP contribution is -2.15. The number of carbonyl (C=O) groups excluding carboxylic acids is 1. The number of thioether (sulfide) groups is 1. The SMILES string of the molecule is COCCCn1c(SC(C)C(=O)c2ccc(Br)cc2)nnc1-c1ccc(Cl)cc1. The van der Waals surface area contributed by atoms with Crippen LogP contribution in [0, 0.1) is 0 Å². The number of nitrogens with zero attached hydrogens (tertiary/aromatic N) is 3. The van der Waals surface area contributed by atoms with Gasteiger partial charge in [-0.05, 0) is 49.7 Å². The van der Waals surface area contributed by atoms with Crippen LogP contribution in [0.4, 0.5) is 0 Å². The third-order valence-corrected chi connectivity index (χ3v) is 6.19. The van der Waals surface area contributed by atoms with Crippen molar-refractivity contribution in [2.24, 2.45) is 0 Å². The molecule has 8 heteroatoms. The predicted octanol–water partition coefficient (Wildman–Crippen LogP) is 5.76. The average Bonchev–Trinajstić information content (AvgIpc) is 3.11. The maximum Gasteiger partial charge on any atom is 0.192 e. The molecule has 0 fully saturated rings. The van der Waals surface area contributed by atoms with E-state index in [1.165, 1.54) is 11.8 Å². The highest BCUT2D eigenvalue weighted by Gasteiger charge is 2.21. The number of aromatic nitrogens is 3. The zero-order chi connectivity index (χ0) is 20.8. The molecule has 0 bridgehead atoms. The smallest absolute Gasteiger partial charge is 0.192 e. The van der Waals surface area contributed by atoms with Crippen LogP contribution in [0.2, 0.25) is 5.02 Å². The van der Waals surface area contributed by atoms with Crippen LogP contribution in [-0.4, -0.2) is 39.5 Å². The molecule has 3 rings (SSSR count). The Hall–Kier alpha value is -1.67. The Labute approximate surface area is 187 Å². The van der Waals surface area contributed by atoms with Crippen molar-refractivity contribution in [3.63, 3.8) is 0 Å². The largest absolute Gasteiger partial charge is 0.385 e. The number of halogens is 2. The van der Waals surface area contributed by atoms with Gasteiger partial charge in [0.25, 0.3) is 0 Å². The van der Waals surface area contributed by atoms with Crippen LogP contribution in [0.5, 0.6) is 0 Å². The molecule has 2 aromatic carbocycles. The number of hydrogen-bond acceptors (Lipinski definition) is 5. The van der Waals surface area contributed by atoms with Gasteiger partial charge in [-0.3, -0.25) is 4.79 Å². The predicted molar refractivity (Wildman–Crippen MR) is 121 cm³/mol. The van der Waals surface area contributed by atoms with E-state index in [0.29, 0.717) is 28.9 Å². The second-order valence-electron chi connectivity index (χ2n) is 6.44. The summed E-state index contributed by atoms with van der Waals surface area (Å²) in [4.78, 5) is 12.8. The molecule has 1 atom stereocenters. The van der Waals surface area contributed by atoms with Gasteiger partial charge in [0, 0.05) is 40.9 Å². The van der Waals surface area contributed by atoms with E-state index in [1.54, 1.807) is 7.11 Å². The Bertz CT molecular complexity index is 961. The summed E-state index contributed by atoms with van der Waals surface area (Å²) in [6.45, 7) is 3.22. The molecule has 1 unspecified atom stereocenters. The maximum atomic E-state index is 12.8. The molecule has 3 aromatic rings. The van der Waals surface area contributed by atoms with Gasteiger partial charge in [-0.25, -0.2) is 0 Å². The van der Waals surface area contributed by atoms with Gasteiger partial charge in [-0.15, -0.1) is 10.2 Å². The second kappa shape index (κ2) is 10.4. The van der Waals surface area contributed by atoms with E-state index in [-0.39, 0.29) is 11.0 Å². The topological polar surface area (TPSA) is 57.0 Å². The zero-order valence-corrected chi connectivity index (χ0v) is 19.3. The molecule has 0 aliphatic heterocycles. The van der Waals surface area contributed by atoms with Gasteiger partial charge >= 0.3 is 0 Å². The number of Topliss-reactive ketones (excluding diaryl/α,β-unsaturated/α-hetero) is 1. The van der Waals surface area contributed by atoms with Gasteiger partial charge in [0.2, 0.25) is 0 Å². The monoisotopic (exact) mass is 493 g/mol. The summed E-state index contributed by atoms with van der Waals surface area (Å²) in [5.74, 6) is 0.811. The van der Waals surface area contributed by atoms with Gasteiger partial charge in [0.15, 0.2) is 16.8 Å². The van der Waals surface area contributed by atoms with Crippen LogP contribution in [0.3, 0.4) is 0 Å². The molecule has 0 saturated carbocycles. The van der Waals surface area contributed by atoms with Crippen LogP contribution in [0.15, 0.2) is 58.2 Å². The summed E-state index contributed by atoms with van der Waals surface area (Å²) in [6.07, 6.45) is 0.817. The standard InChI is InChI=1S/C21H21BrClN3O2S/c1-14(19(27)15-4-8-17(22)9-5-15)29-21-25-24-20(26(21)12-3-13-28-2)16-6-10-18(23)11-7-16/h4-11,14H,3,12-13H2,1-2H3. The molecule has 0 amide bonds. The number of carbonyl (C=O) groups is 1. The van der Waals surface area contributed by atoms with E-state index in [9.17, 15) is 4.79 Å². The minimum Gasteiger partial charge on any atom is -0.385 e. The lowest BCUT2D eigenvalue weighted by atomic mass is 10.1. The number of benzene rings is 2. The van der Waals surface area contributed by atoms with E-state index in [4.69, 9.17) is 16.3 Å². The van der Waals surface area contributed by atoms with Crippen LogP contribution in [0.25, 0.3) is 11.4 Å². The number of hydrogen-bond donors (Lipinski definition) is 0. The van der Waals surface area contributed by atoms with Gasteiger partial charge in [-0.1, -0.05) is 51.4 Å². The van der Waals surface area contributed by atoms with Crippen molar-refractivity contribution in [3.05, 3.63) is 63.6 Å². The number of ether oxygens (including phenoxy) is 1. The van der Waals surface area contributed by atoms with E-state index < -0.39 is 0 Å². The second-order valence-corrected chi connectivity index (χ2v) is 9.10. The molecule has 0 aliphatic rings. The molecule has 152 valence electrons. The van der Waals surface area contributed by atoms with Crippen LogP contribution < -0.4 is 0 Å². The van der Waals surface area contributed by atoms with E-state index in [2.05, 4.69) is 26.1 Å². The quantitative estimate of drug-likeness (QED) is 0.215. The Morgan fingerprint density at radius 1 is 1.17 bits per heavy atom. The van der Waals surface area contributed by atoms with E-state index in [1.807, 2.05) is 60.0 Å². The molecule has 0 aliphatic carbocycles. The first-order valence-corrected chi connectivity index (χ1v) is 11.2. The van der Waals surface area contributed by atoms with Crippen LogP contribution in [-0.2, 0) is 11.3 Å². The zero-order valence-electron chi connectivity index (χ0n) is 16.1. The van der Waals surface area contributed by atoms with Crippen molar-refractivity contribution in [3.8, 4) is 11.4 Å². The molecule has 29 heavy (non-hydrogen) atoms. The molecular formula is C21H21BrClN3O2S. The van der Waals surface area contributed by atoms with Crippen molar-refractivity contribution >= 4 is 45.1 Å². The third-order valence-electron chi connectivity index (χ3n) is 4.33. The van der Waals surface area contributed by atoms with Gasteiger partial charge < -0.3 is 9.30 Å². The number of rotatable bonds is 9. The summed E-state index contributed by atoms with van der Waals surface area (Å²) in [7, 11) is 1.68. The number of methoxy groups -OCH3 is 1. The van der Waals surface area contributed by atoms with Gasteiger partial charge in [-0.2, -0.15) is 0 Å². The highest BCUT2D eigenvalue weighted by Crippen LogP contribution is 2.29. The minimum absolute atomic E-state index is 0.0574. The summed E-state index contributed by atoms with van der Waals surface area (Å²) in [5, 5.41) is 9.84. The molecular weight excluding hydrogens is 474 g/mol. The molecule has 0 spiro atoms. The van der Waals surface area contributed by atoms with Crippen LogP contribution >= 0.6 is 39.3 Å². The first-order valence-electron chi connectivity index (χ1n) is 9.14. The molecule has 1 heterocycles. The van der Waals surface area contributed by atoms with Crippen molar-refractivity contribution in [1.82, 2.24) is 14.8 Å². The van der Waals surface area contributed by atoms with E-state index in [0.717, 1.165) is 22.3 Å². The Morgan fingerprint density at radius 2 is 1.86 bits per heavy atom. The molecule has 1 aromatic heterocycles. The Kier molecular flexibility index (Phi) is 7.89. The molecule has 0 N–H and O–H groups in total. The first-order chi connectivity index (χ1) is 14.0. The fraction of sp³-hybridized carbons (Fsp3) is 0.286. The number of ketones is 1. The Morgan fingerprint density at radius 3 is 2.52 bits per heavy atom. The van der Waals surface area contributed by atoms with E-state index >= 15 is 0 Å². The Balaban J connectivity index is 1.84. The lowest BCUT2D eigenvalue weighted by Gasteiger charge is -2.13. The average molecular weight is 495 g/mol. The molecule has 0 radical (unpaired) electrons.